The molecule has 4 rings (SSSR count). The normalized spacial score (nSPS) is 16.6. The van der Waals surface area contributed by atoms with Crippen molar-refractivity contribution in [1.29, 1.82) is 0 Å². The van der Waals surface area contributed by atoms with E-state index in [2.05, 4.69) is 35.3 Å². The van der Waals surface area contributed by atoms with Gasteiger partial charge < -0.3 is 4.98 Å². The van der Waals surface area contributed by atoms with Crippen LogP contribution in [0.5, 0.6) is 0 Å². The summed E-state index contributed by atoms with van der Waals surface area (Å²) in [6.45, 7) is 0.686. The van der Waals surface area contributed by atoms with Crippen molar-refractivity contribution < 1.29 is 0 Å². The molecule has 0 saturated heterocycles. The summed E-state index contributed by atoms with van der Waals surface area (Å²) in [5.41, 5.74) is 4.61. The van der Waals surface area contributed by atoms with E-state index >= 15 is 0 Å². The van der Waals surface area contributed by atoms with Crippen LogP contribution in [0.15, 0.2) is 70.9 Å². The standard InChI is InChI=1S/C19H18N4S/c1-23-19(21-11-14-7-3-2-4-8-14)24-13-18(22-23)16-12-20-17-10-6-5-9-15(16)17/h2-10,12,20H,11,13H2,1H3. The van der Waals surface area contributed by atoms with Gasteiger partial charge in [-0.25, -0.2) is 5.01 Å². The molecule has 0 unspecified atom stereocenters. The fourth-order valence-corrected chi connectivity index (χ4v) is 3.67. The molecule has 0 aliphatic carbocycles. The number of nitrogens with one attached hydrogen (secondary N) is 1. The van der Waals surface area contributed by atoms with Gasteiger partial charge >= 0.3 is 0 Å². The number of benzene rings is 2. The summed E-state index contributed by atoms with van der Waals surface area (Å²) >= 11 is 1.74. The number of aromatic amines is 1. The SMILES string of the molecule is CN1N=C(c2c[nH]c3ccccc23)CSC1=NCc1ccccc1. The molecule has 3 aromatic rings. The molecule has 0 spiro atoms. The highest BCUT2D eigenvalue weighted by Crippen LogP contribution is 2.24. The van der Waals surface area contributed by atoms with Crippen molar-refractivity contribution in [3.05, 3.63) is 71.9 Å². The van der Waals surface area contributed by atoms with Crippen LogP contribution in [0.25, 0.3) is 10.9 Å². The second kappa shape index (κ2) is 6.53. The van der Waals surface area contributed by atoms with Gasteiger partial charge in [0.25, 0.3) is 0 Å². The van der Waals surface area contributed by atoms with Gasteiger partial charge in [0.15, 0.2) is 5.17 Å². The first-order valence-corrected chi connectivity index (χ1v) is 8.89. The van der Waals surface area contributed by atoms with Crippen molar-refractivity contribution in [2.45, 2.75) is 6.54 Å². The lowest BCUT2D eigenvalue weighted by Gasteiger charge is -2.22. The Morgan fingerprint density at radius 3 is 2.75 bits per heavy atom. The summed E-state index contributed by atoms with van der Waals surface area (Å²) in [4.78, 5) is 8.02. The van der Waals surface area contributed by atoms with E-state index in [4.69, 9.17) is 10.1 Å². The number of fused-ring (bicyclic) bond motifs is 1. The molecule has 1 aromatic heterocycles. The van der Waals surface area contributed by atoms with Gasteiger partial charge in [-0.3, -0.25) is 4.99 Å². The minimum atomic E-state index is 0.686. The van der Waals surface area contributed by atoms with E-state index in [1.165, 1.54) is 16.5 Å². The van der Waals surface area contributed by atoms with Crippen molar-refractivity contribution in [2.24, 2.45) is 10.1 Å². The fraction of sp³-hybridized carbons (Fsp3) is 0.158. The number of hydrazone groups is 1. The van der Waals surface area contributed by atoms with Crippen LogP contribution in [0.3, 0.4) is 0 Å². The van der Waals surface area contributed by atoms with Gasteiger partial charge in [0, 0.05) is 35.5 Å². The number of H-pyrrole nitrogens is 1. The van der Waals surface area contributed by atoms with Gasteiger partial charge in [0.1, 0.15) is 0 Å². The first kappa shape index (κ1) is 15.0. The molecular weight excluding hydrogens is 316 g/mol. The van der Waals surface area contributed by atoms with E-state index in [-0.39, 0.29) is 0 Å². The number of para-hydroxylation sites is 1. The number of aromatic nitrogens is 1. The summed E-state index contributed by atoms with van der Waals surface area (Å²) in [5.74, 6) is 0.833. The molecule has 0 saturated carbocycles. The lowest BCUT2D eigenvalue weighted by atomic mass is 10.1. The molecule has 0 fully saturated rings. The molecule has 120 valence electrons. The van der Waals surface area contributed by atoms with E-state index < -0.39 is 0 Å². The molecular formula is C19H18N4S. The van der Waals surface area contributed by atoms with Gasteiger partial charge in [0.2, 0.25) is 0 Å². The molecule has 0 atom stereocenters. The number of amidine groups is 1. The zero-order chi connectivity index (χ0) is 16.4. The molecule has 2 aromatic carbocycles. The van der Waals surface area contributed by atoms with E-state index in [1.807, 2.05) is 42.5 Å². The first-order chi connectivity index (χ1) is 11.8. The Morgan fingerprint density at radius 1 is 1.12 bits per heavy atom. The van der Waals surface area contributed by atoms with Crippen molar-refractivity contribution in [2.75, 3.05) is 12.8 Å². The topological polar surface area (TPSA) is 43.8 Å². The predicted molar refractivity (Wildman–Crippen MR) is 103 cm³/mol. The monoisotopic (exact) mass is 334 g/mol. The molecule has 0 amide bonds. The molecule has 2 heterocycles. The smallest absolute Gasteiger partial charge is 0.180 e. The number of aliphatic imine (C=N–C) groups is 1. The van der Waals surface area contributed by atoms with Crippen LogP contribution in [-0.4, -0.2) is 33.7 Å². The van der Waals surface area contributed by atoms with Crippen molar-refractivity contribution in [1.82, 2.24) is 9.99 Å². The van der Waals surface area contributed by atoms with Crippen molar-refractivity contribution in [3.63, 3.8) is 0 Å². The first-order valence-electron chi connectivity index (χ1n) is 7.90. The molecule has 1 aliphatic heterocycles. The number of thioether (sulfide) groups is 1. The zero-order valence-electron chi connectivity index (χ0n) is 13.4. The molecule has 1 N–H and O–H groups in total. The maximum Gasteiger partial charge on any atom is 0.180 e. The largest absolute Gasteiger partial charge is 0.360 e. The minimum absolute atomic E-state index is 0.686. The van der Waals surface area contributed by atoms with Crippen LogP contribution in [0.1, 0.15) is 11.1 Å². The van der Waals surface area contributed by atoms with Crippen LogP contribution in [0.4, 0.5) is 0 Å². The van der Waals surface area contributed by atoms with Gasteiger partial charge in [-0.05, 0) is 11.6 Å². The van der Waals surface area contributed by atoms with Gasteiger partial charge in [-0.1, -0.05) is 60.3 Å². The number of hydrogen-bond donors (Lipinski definition) is 1. The zero-order valence-corrected chi connectivity index (χ0v) is 14.3. The van der Waals surface area contributed by atoms with Gasteiger partial charge in [-0.2, -0.15) is 5.10 Å². The van der Waals surface area contributed by atoms with Crippen LogP contribution < -0.4 is 0 Å². The fourth-order valence-electron chi connectivity index (χ4n) is 2.81. The highest BCUT2D eigenvalue weighted by molar-refractivity contribution is 8.14. The lowest BCUT2D eigenvalue weighted by molar-refractivity contribution is 0.550. The summed E-state index contributed by atoms with van der Waals surface area (Å²) in [5, 5.41) is 8.81. The quantitative estimate of drug-likeness (QED) is 0.783. The number of nitrogens with zero attached hydrogens (tertiary/aromatic N) is 3. The number of hydrogen-bond acceptors (Lipinski definition) is 3. The Bertz CT molecular complexity index is 911. The molecule has 0 bridgehead atoms. The Labute approximate surface area is 145 Å². The minimum Gasteiger partial charge on any atom is -0.360 e. The van der Waals surface area contributed by atoms with Crippen LogP contribution >= 0.6 is 11.8 Å². The highest BCUT2D eigenvalue weighted by Gasteiger charge is 2.19. The third kappa shape index (κ3) is 2.95. The van der Waals surface area contributed by atoms with Crippen LogP contribution in [0.2, 0.25) is 0 Å². The van der Waals surface area contributed by atoms with Crippen molar-refractivity contribution in [3.8, 4) is 0 Å². The highest BCUT2D eigenvalue weighted by atomic mass is 32.2. The molecule has 5 heteroatoms. The maximum atomic E-state index is 4.75. The van der Waals surface area contributed by atoms with Crippen molar-refractivity contribution >= 4 is 33.5 Å². The van der Waals surface area contributed by atoms with E-state index in [9.17, 15) is 0 Å². The third-order valence-corrected chi connectivity index (χ3v) is 5.09. The van der Waals surface area contributed by atoms with Crippen LogP contribution in [0, 0.1) is 0 Å². The average molecular weight is 334 g/mol. The second-order valence-electron chi connectivity index (χ2n) is 5.69. The summed E-state index contributed by atoms with van der Waals surface area (Å²) in [6, 6.07) is 18.6. The third-order valence-electron chi connectivity index (χ3n) is 4.03. The predicted octanol–water partition coefficient (Wildman–Crippen LogP) is 4.11. The van der Waals surface area contributed by atoms with Gasteiger partial charge in [-0.15, -0.1) is 0 Å². The van der Waals surface area contributed by atoms with Crippen LogP contribution in [-0.2, 0) is 6.54 Å². The average Bonchev–Trinajstić information content (AvgIpc) is 3.06. The molecule has 1 aliphatic rings. The second-order valence-corrected chi connectivity index (χ2v) is 6.63. The van der Waals surface area contributed by atoms with E-state index in [1.54, 1.807) is 11.8 Å². The Kier molecular flexibility index (Phi) is 4.09. The molecule has 0 radical (unpaired) electrons. The van der Waals surface area contributed by atoms with E-state index in [0.29, 0.717) is 6.54 Å². The Balaban J connectivity index is 1.57. The Hall–Kier alpha value is -2.53. The summed E-state index contributed by atoms with van der Waals surface area (Å²) in [7, 11) is 1.96. The Morgan fingerprint density at radius 2 is 1.92 bits per heavy atom. The van der Waals surface area contributed by atoms with E-state index in [0.717, 1.165) is 22.1 Å². The maximum absolute atomic E-state index is 4.75. The molecule has 4 nitrogen and oxygen atoms in total. The number of rotatable bonds is 3. The lowest BCUT2D eigenvalue weighted by Crippen LogP contribution is -2.27. The summed E-state index contributed by atoms with van der Waals surface area (Å²) < 4.78 is 0. The molecule has 24 heavy (non-hydrogen) atoms. The van der Waals surface area contributed by atoms with Gasteiger partial charge in [0.05, 0.1) is 12.3 Å². The summed E-state index contributed by atoms with van der Waals surface area (Å²) in [6.07, 6.45) is 2.05.